The number of alkyl halides is 2. The van der Waals surface area contributed by atoms with Gasteiger partial charge in [0.15, 0.2) is 11.5 Å². The fourth-order valence-electron chi connectivity index (χ4n) is 4.70. The third-order valence-electron chi connectivity index (χ3n) is 6.89. The number of nitrogens with one attached hydrogen (secondary N) is 1. The van der Waals surface area contributed by atoms with Crippen LogP contribution in [0.1, 0.15) is 36.6 Å². The predicted molar refractivity (Wildman–Crippen MR) is 136 cm³/mol. The summed E-state index contributed by atoms with van der Waals surface area (Å²) in [6.07, 6.45) is -1.34. The highest BCUT2D eigenvalue weighted by Gasteiger charge is 2.52. The molecule has 1 amide bonds. The van der Waals surface area contributed by atoms with E-state index in [1.807, 2.05) is 13.0 Å². The number of alkyl carbamates (subject to hydrolysis) is 1. The summed E-state index contributed by atoms with van der Waals surface area (Å²) >= 11 is 0. The Labute approximate surface area is 222 Å². The van der Waals surface area contributed by atoms with Crippen LogP contribution in [-0.2, 0) is 27.9 Å². The molecule has 0 radical (unpaired) electrons. The van der Waals surface area contributed by atoms with Crippen molar-refractivity contribution < 1.29 is 32.6 Å². The lowest BCUT2D eigenvalue weighted by Crippen LogP contribution is -2.30. The quantitative estimate of drug-likeness (QED) is 0.436. The second-order valence-corrected chi connectivity index (χ2v) is 9.58. The number of hydrogen-bond acceptors (Lipinski definition) is 7. The molecule has 0 spiro atoms. The summed E-state index contributed by atoms with van der Waals surface area (Å²) in [7, 11) is 0. The Balaban J connectivity index is 1.33. The summed E-state index contributed by atoms with van der Waals surface area (Å²) in [4.78, 5) is 42.0. The largest absolute Gasteiger partial charge is 0.586 e. The highest BCUT2D eigenvalue weighted by Crippen LogP contribution is 2.52. The zero-order chi connectivity index (χ0) is 27.8. The van der Waals surface area contributed by atoms with E-state index >= 15 is 0 Å². The Morgan fingerprint density at radius 1 is 1.10 bits per heavy atom. The fraction of sp³-hybridized carbons (Fsp3) is 0.357. The number of nitrogens with zero attached hydrogens (tertiary/aromatic N) is 2. The lowest BCUT2D eigenvalue weighted by Gasteiger charge is -2.16. The molecule has 1 aromatic carbocycles. The van der Waals surface area contributed by atoms with E-state index < -0.39 is 17.8 Å². The predicted octanol–water partition coefficient (Wildman–Crippen LogP) is 4.13. The number of ether oxygens (including phenoxy) is 3. The summed E-state index contributed by atoms with van der Waals surface area (Å²) in [5.74, 6) is -0.208. The lowest BCUT2D eigenvalue weighted by atomic mass is 9.88. The lowest BCUT2D eigenvalue weighted by molar-refractivity contribution is -0.286. The summed E-state index contributed by atoms with van der Waals surface area (Å²) in [6.45, 7) is 4.30. The number of pyridine rings is 2. The maximum Gasteiger partial charge on any atom is 0.586 e. The average molecular weight is 540 g/mol. The Morgan fingerprint density at radius 3 is 2.62 bits per heavy atom. The smallest absolute Gasteiger partial charge is 0.450 e. The molecule has 204 valence electrons. The van der Waals surface area contributed by atoms with Crippen molar-refractivity contribution >= 4 is 11.9 Å². The Bertz CT molecular complexity index is 1500. The van der Waals surface area contributed by atoms with Gasteiger partial charge in [0.25, 0.3) is 5.56 Å². The van der Waals surface area contributed by atoms with Gasteiger partial charge in [-0.2, -0.15) is 0 Å². The van der Waals surface area contributed by atoms with Crippen LogP contribution in [0.5, 0.6) is 11.5 Å². The van der Waals surface area contributed by atoms with Gasteiger partial charge in [0.05, 0.1) is 17.7 Å². The van der Waals surface area contributed by atoms with Gasteiger partial charge < -0.3 is 24.1 Å². The highest BCUT2D eigenvalue weighted by molar-refractivity contribution is 5.94. The number of carbonyl (C=O) groups is 2. The van der Waals surface area contributed by atoms with Crippen molar-refractivity contribution in [3.05, 3.63) is 75.8 Å². The Kier molecular flexibility index (Phi) is 6.83. The van der Waals surface area contributed by atoms with Gasteiger partial charge in [-0.05, 0) is 62.1 Å². The molecule has 3 aromatic rings. The number of halogens is 2. The monoisotopic (exact) mass is 539 g/mol. The fourth-order valence-corrected chi connectivity index (χ4v) is 4.70. The maximum atomic E-state index is 13.4. The molecule has 9 nitrogen and oxygen atoms in total. The average Bonchev–Trinajstić information content (AvgIpc) is 3.63. The van der Waals surface area contributed by atoms with Crippen molar-refractivity contribution in [3.63, 3.8) is 0 Å². The second kappa shape index (κ2) is 10.1. The van der Waals surface area contributed by atoms with Crippen LogP contribution < -0.4 is 20.3 Å². The molecular weight excluding hydrogens is 512 g/mol. The van der Waals surface area contributed by atoms with Crippen molar-refractivity contribution in [2.45, 2.75) is 51.4 Å². The molecule has 39 heavy (non-hydrogen) atoms. The number of rotatable bonds is 9. The van der Waals surface area contributed by atoms with E-state index in [9.17, 15) is 23.2 Å². The van der Waals surface area contributed by atoms with Gasteiger partial charge in [-0.1, -0.05) is 12.1 Å². The molecule has 5 rings (SSSR count). The molecule has 1 fully saturated rings. The number of carbonyl (C=O) groups excluding carboxylic acids is 2. The third kappa shape index (κ3) is 5.47. The number of aryl methyl sites for hydroxylation is 1. The molecule has 1 saturated carbocycles. The van der Waals surface area contributed by atoms with Crippen LogP contribution in [0.3, 0.4) is 0 Å². The number of fused-ring (bicyclic) bond motifs is 1. The van der Waals surface area contributed by atoms with Crippen LogP contribution in [-0.4, -0.2) is 40.9 Å². The third-order valence-corrected chi connectivity index (χ3v) is 6.89. The first-order chi connectivity index (χ1) is 18.6. The van der Waals surface area contributed by atoms with Crippen LogP contribution in [0.2, 0.25) is 0 Å². The van der Waals surface area contributed by atoms with Crippen LogP contribution >= 0.6 is 0 Å². The number of Topliss-reactive ketones (excluding diaryl/α,β-unsaturated/α-hetero) is 1. The minimum Gasteiger partial charge on any atom is -0.450 e. The molecule has 0 bridgehead atoms. The SMILES string of the molecule is CCOC(=O)NCCn1cc(-c2nc(CC(=O)C3(c4ccc5c(c4)OC(F)(F)O5)CC3)ccc2C)ccc1=O. The molecule has 1 aliphatic carbocycles. The molecule has 2 aliphatic rings. The second-order valence-electron chi connectivity index (χ2n) is 9.58. The Morgan fingerprint density at radius 2 is 1.87 bits per heavy atom. The molecule has 11 heteroatoms. The van der Waals surface area contributed by atoms with E-state index in [1.54, 1.807) is 31.3 Å². The van der Waals surface area contributed by atoms with Gasteiger partial charge in [-0.3, -0.25) is 14.6 Å². The van der Waals surface area contributed by atoms with Gasteiger partial charge in [0.1, 0.15) is 5.78 Å². The maximum absolute atomic E-state index is 13.4. The summed E-state index contributed by atoms with van der Waals surface area (Å²) < 4.78 is 42.2. The van der Waals surface area contributed by atoms with Gasteiger partial charge in [0, 0.05) is 43.0 Å². The van der Waals surface area contributed by atoms with Crippen molar-refractivity contribution in [2.75, 3.05) is 13.2 Å². The van der Waals surface area contributed by atoms with E-state index in [1.165, 1.54) is 22.8 Å². The molecule has 1 aliphatic heterocycles. The summed E-state index contributed by atoms with van der Waals surface area (Å²) in [5, 5.41) is 2.59. The molecule has 0 unspecified atom stereocenters. The minimum absolute atomic E-state index is 0.0565. The van der Waals surface area contributed by atoms with Gasteiger partial charge in [-0.25, -0.2) is 4.79 Å². The summed E-state index contributed by atoms with van der Waals surface area (Å²) in [6, 6.07) is 11.2. The van der Waals surface area contributed by atoms with Gasteiger partial charge in [0.2, 0.25) is 0 Å². The Hall–Kier alpha value is -4.28. The zero-order valence-corrected chi connectivity index (χ0v) is 21.5. The minimum atomic E-state index is -3.72. The number of hydrogen-bond donors (Lipinski definition) is 1. The summed E-state index contributed by atoms with van der Waals surface area (Å²) in [5.41, 5.74) is 2.34. The molecule has 0 saturated heterocycles. The molecule has 1 N–H and O–H groups in total. The van der Waals surface area contributed by atoms with Crippen LogP contribution in [0.4, 0.5) is 13.6 Å². The van der Waals surface area contributed by atoms with Gasteiger partial charge in [-0.15, -0.1) is 8.78 Å². The van der Waals surface area contributed by atoms with Crippen LogP contribution in [0, 0.1) is 6.92 Å². The first-order valence-corrected chi connectivity index (χ1v) is 12.6. The molecule has 0 atom stereocenters. The number of ketones is 1. The first kappa shape index (κ1) is 26.3. The van der Waals surface area contributed by atoms with Gasteiger partial charge >= 0.3 is 12.4 Å². The van der Waals surface area contributed by atoms with Crippen molar-refractivity contribution in [1.29, 1.82) is 0 Å². The van der Waals surface area contributed by atoms with E-state index in [4.69, 9.17) is 9.72 Å². The molecular formula is C28H27F2N3O6. The van der Waals surface area contributed by atoms with Crippen LogP contribution in [0.15, 0.2) is 53.5 Å². The first-order valence-electron chi connectivity index (χ1n) is 12.6. The van der Waals surface area contributed by atoms with Crippen LogP contribution in [0.25, 0.3) is 11.3 Å². The number of benzene rings is 1. The standard InChI is InChI=1S/C28H27F2N3O6/c1-3-37-26(36)31-12-13-33-16-18(5-9-24(33)35)25-17(2)4-7-20(32-25)15-23(34)27(10-11-27)19-6-8-21-22(14-19)39-28(29,30)38-21/h4-9,14,16H,3,10-13,15H2,1-2H3,(H,31,36). The zero-order valence-electron chi connectivity index (χ0n) is 21.5. The molecule has 2 aromatic heterocycles. The van der Waals surface area contributed by atoms with E-state index in [-0.39, 0.29) is 49.0 Å². The van der Waals surface area contributed by atoms with E-state index in [0.717, 1.165) is 5.56 Å². The normalized spacial score (nSPS) is 16.0. The number of aromatic nitrogens is 2. The van der Waals surface area contributed by atoms with E-state index in [0.29, 0.717) is 35.4 Å². The van der Waals surface area contributed by atoms with Crippen molar-refractivity contribution in [2.24, 2.45) is 0 Å². The molecule has 3 heterocycles. The van der Waals surface area contributed by atoms with E-state index in [2.05, 4.69) is 14.8 Å². The highest BCUT2D eigenvalue weighted by atomic mass is 19.3. The topological polar surface area (TPSA) is 109 Å². The van der Waals surface area contributed by atoms with Crippen molar-refractivity contribution in [1.82, 2.24) is 14.9 Å². The number of amides is 1. The van der Waals surface area contributed by atoms with Crippen molar-refractivity contribution in [3.8, 4) is 22.8 Å².